The molecular formula is C28H26N4O4S. The maximum absolute atomic E-state index is 13.5. The van der Waals surface area contributed by atoms with E-state index in [0.717, 1.165) is 15.4 Å². The predicted octanol–water partition coefficient (Wildman–Crippen LogP) is 4.15. The highest BCUT2D eigenvalue weighted by Gasteiger charge is 2.27. The van der Waals surface area contributed by atoms with Crippen LogP contribution in [0.2, 0.25) is 0 Å². The minimum absolute atomic E-state index is 0.0740. The van der Waals surface area contributed by atoms with Crippen molar-refractivity contribution in [1.29, 1.82) is 0 Å². The van der Waals surface area contributed by atoms with Gasteiger partial charge in [0.15, 0.2) is 0 Å². The van der Waals surface area contributed by atoms with E-state index in [2.05, 4.69) is 15.6 Å². The second-order valence-corrected chi connectivity index (χ2v) is 10.2. The zero-order valence-electron chi connectivity index (χ0n) is 20.2. The van der Waals surface area contributed by atoms with Crippen molar-refractivity contribution >= 4 is 33.2 Å². The van der Waals surface area contributed by atoms with Gasteiger partial charge in [0.05, 0.1) is 21.8 Å². The van der Waals surface area contributed by atoms with Crippen LogP contribution in [0.15, 0.2) is 108 Å². The van der Waals surface area contributed by atoms with Crippen molar-refractivity contribution < 1.29 is 18.0 Å². The number of amides is 2. The molecule has 0 aliphatic rings. The Balaban J connectivity index is 1.54. The number of hydrogen-bond donors (Lipinski definition) is 2. The largest absolute Gasteiger partial charge is 0.348 e. The zero-order valence-corrected chi connectivity index (χ0v) is 21.0. The van der Waals surface area contributed by atoms with Crippen molar-refractivity contribution in [2.75, 3.05) is 16.2 Å². The summed E-state index contributed by atoms with van der Waals surface area (Å²) >= 11 is 0. The Morgan fingerprint density at radius 3 is 2.27 bits per heavy atom. The van der Waals surface area contributed by atoms with Crippen molar-refractivity contribution in [2.45, 2.75) is 18.4 Å². The number of sulfonamides is 1. The molecule has 1 aromatic heterocycles. The van der Waals surface area contributed by atoms with Crippen LogP contribution in [0.25, 0.3) is 0 Å². The predicted molar refractivity (Wildman–Crippen MR) is 143 cm³/mol. The number of hydrogen-bond acceptors (Lipinski definition) is 5. The van der Waals surface area contributed by atoms with Crippen LogP contribution in [0.3, 0.4) is 0 Å². The maximum atomic E-state index is 13.5. The first-order valence-electron chi connectivity index (χ1n) is 11.5. The summed E-state index contributed by atoms with van der Waals surface area (Å²) in [4.78, 5) is 30.1. The average molecular weight is 515 g/mol. The number of aromatic nitrogens is 1. The molecule has 8 nitrogen and oxygen atoms in total. The molecule has 0 aliphatic carbocycles. The highest BCUT2D eigenvalue weighted by molar-refractivity contribution is 7.92. The molecule has 4 rings (SSSR count). The molecule has 188 valence electrons. The molecular weight excluding hydrogens is 488 g/mol. The SMILES string of the molecule is Cc1ccc(S(=O)(=O)N(CC(=O)Nc2ccccc2C(=O)NCc2cccnc2)c2ccccc2)cc1. The van der Waals surface area contributed by atoms with Gasteiger partial charge in [-0.3, -0.25) is 18.9 Å². The Kier molecular flexibility index (Phi) is 7.95. The van der Waals surface area contributed by atoms with Crippen molar-refractivity contribution in [3.8, 4) is 0 Å². The lowest BCUT2D eigenvalue weighted by molar-refractivity contribution is -0.114. The van der Waals surface area contributed by atoms with Gasteiger partial charge in [0.2, 0.25) is 5.91 Å². The number of anilines is 2. The van der Waals surface area contributed by atoms with Crippen LogP contribution < -0.4 is 14.9 Å². The van der Waals surface area contributed by atoms with Gasteiger partial charge in [-0.1, -0.05) is 54.1 Å². The molecule has 2 amide bonds. The quantitative estimate of drug-likeness (QED) is 0.349. The molecule has 0 bridgehead atoms. The Labute approximate surface area is 216 Å². The molecule has 0 atom stereocenters. The monoisotopic (exact) mass is 514 g/mol. The Hall–Kier alpha value is -4.50. The zero-order chi connectivity index (χ0) is 26.3. The number of nitrogens with one attached hydrogen (secondary N) is 2. The van der Waals surface area contributed by atoms with Gasteiger partial charge in [0.25, 0.3) is 15.9 Å². The average Bonchev–Trinajstić information content (AvgIpc) is 2.92. The summed E-state index contributed by atoms with van der Waals surface area (Å²) in [6.45, 7) is 1.65. The fraction of sp³-hybridized carbons (Fsp3) is 0.107. The van der Waals surface area contributed by atoms with Crippen LogP contribution in [-0.2, 0) is 21.4 Å². The van der Waals surface area contributed by atoms with E-state index in [4.69, 9.17) is 0 Å². The summed E-state index contributed by atoms with van der Waals surface area (Å²) in [5.74, 6) is -0.973. The fourth-order valence-electron chi connectivity index (χ4n) is 3.64. The summed E-state index contributed by atoms with van der Waals surface area (Å²) in [5.41, 5.74) is 2.63. The molecule has 4 aromatic rings. The van der Waals surface area contributed by atoms with Gasteiger partial charge in [-0.2, -0.15) is 0 Å². The topological polar surface area (TPSA) is 108 Å². The van der Waals surface area contributed by atoms with Crippen LogP contribution in [-0.4, -0.2) is 31.8 Å². The third kappa shape index (κ3) is 6.39. The smallest absolute Gasteiger partial charge is 0.264 e. The lowest BCUT2D eigenvalue weighted by Gasteiger charge is -2.24. The molecule has 0 aliphatic heterocycles. The molecule has 0 saturated carbocycles. The molecule has 37 heavy (non-hydrogen) atoms. The lowest BCUT2D eigenvalue weighted by atomic mass is 10.1. The van der Waals surface area contributed by atoms with Crippen molar-refractivity contribution in [3.05, 3.63) is 120 Å². The molecule has 0 fully saturated rings. The molecule has 1 heterocycles. The van der Waals surface area contributed by atoms with Gasteiger partial charge in [0.1, 0.15) is 6.54 Å². The summed E-state index contributed by atoms with van der Waals surface area (Å²) in [7, 11) is -4.04. The minimum atomic E-state index is -4.04. The van der Waals surface area contributed by atoms with Gasteiger partial charge >= 0.3 is 0 Å². The number of rotatable bonds is 9. The van der Waals surface area contributed by atoms with Gasteiger partial charge in [-0.25, -0.2) is 8.42 Å². The van der Waals surface area contributed by atoms with E-state index in [-0.39, 0.29) is 28.6 Å². The summed E-state index contributed by atoms with van der Waals surface area (Å²) in [6.07, 6.45) is 3.30. The van der Waals surface area contributed by atoms with E-state index < -0.39 is 22.5 Å². The van der Waals surface area contributed by atoms with E-state index in [1.807, 2.05) is 13.0 Å². The van der Waals surface area contributed by atoms with Crippen molar-refractivity contribution in [1.82, 2.24) is 10.3 Å². The molecule has 0 saturated heterocycles. The number of benzene rings is 3. The molecule has 0 spiro atoms. The summed E-state index contributed by atoms with van der Waals surface area (Å²) < 4.78 is 28.1. The minimum Gasteiger partial charge on any atom is -0.348 e. The highest BCUT2D eigenvalue weighted by atomic mass is 32.2. The van der Waals surface area contributed by atoms with Crippen molar-refractivity contribution in [2.24, 2.45) is 0 Å². The molecule has 3 aromatic carbocycles. The number of para-hydroxylation sites is 2. The second-order valence-electron chi connectivity index (χ2n) is 8.30. The Bertz CT molecular complexity index is 1480. The lowest BCUT2D eigenvalue weighted by Crippen LogP contribution is -2.38. The standard InChI is InChI=1S/C28H26N4O4S/c1-21-13-15-24(16-14-21)37(35,36)32(23-9-3-2-4-10-23)20-27(33)31-26-12-6-5-11-25(26)28(34)30-19-22-8-7-17-29-18-22/h2-18H,19-20H2,1H3,(H,30,34)(H,31,33). The van der Waals surface area contributed by atoms with Crippen LogP contribution >= 0.6 is 0 Å². The van der Waals surface area contributed by atoms with Gasteiger partial charge in [-0.05, 0) is 55.0 Å². The van der Waals surface area contributed by atoms with E-state index >= 15 is 0 Å². The maximum Gasteiger partial charge on any atom is 0.264 e. The van der Waals surface area contributed by atoms with Gasteiger partial charge < -0.3 is 10.6 Å². The molecule has 9 heteroatoms. The van der Waals surface area contributed by atoms with Gasteiger partial charge in [-0.15, -0.1) is 0 Å². The number of nitrogens with zero attached hydrogens (tertiary/aromatic N) is 2. The molecule has 0 radical (unpaired) electrons. The fourth-order valence-corrected chi connectivity index (χ4v) is 5.06. The second kappa shape index (κ2) is 11.5. The first-order valence-corrected chi connectivity index (χ1v) is 13.0. The Morgan fingerprint density at radius 1 is 0.865 bits per heavy atom. The summed E-state index contributed by atoms with van der Waals surface area (Å²) in [6, 6.07) is 25.0. The van der Waals surface area contributed by atoms with E-state index in [0.29, 0.717) is 5.69 Å². The van der Waals surface area contributed by atoms with Crippen LogP contribution in [0.5, 0.6) is 0 Å². The highest BCUT2D eigenvalue weighted by Crippen LogP contribution is 2.24. The number of carbonyl (C=O) groups excluding carboxylic acids is 2. The number of pyridine rings is 1. The first kappa shape index (κ1) is 25.6. The van der Waals surface area contributed by atoms with E-state index in [1.54, 1.807) is 85.2 Å². The first-order chi connectivity index (χ1) is 17.8. The van der Waals surface area contributed by atoms with Crippen LogP contribution in [0.4, 0.5) is 11.4 Å². The van der Waals surface area contributed by atoms with Crippen LogP contribution in [0, 0.1) is 6.92 Å². The van der Waals surface area contributed by atoms with E-state index in [9.17, 15) is 18.0 Å². The number of aryl methyl sites for hydroxylation is 1. The number of carbonyl (C=O) groups is 2. The molecule has 0 unspecified atom stereocenters. The normalized spacial score (nSPS) is 10.9. The van der Waals surface area contributed by atoms with Gasteiger partial charge in [0, 0.05) is 18.9 Å². The van der Waals surface area contributed by atoms with E-state index in [1.165, 1.54) is 12.1 Å². The summed E-state index contributed by atoms with van der Waals surface area (Å²) in [5, 5.41) is 5.51. The molecule has 2 N–H and O–H groups in total. The van der Waals surface area contributed by atoms with Crippen molar-refractivity contribution in [3.63, 3.8) is 0 Å². The Morgan fingerprint density at radius 2 is 1.57 bits per heavy atom. The third-order valence-corrected chi connectivity index (χ3v) is 7.35. The van der Waals surface area contributed by atoms with Crippen LogP contribution in [0.1, 0.15) is 21.5 Å². The third-order valence-electron chi connectivity index (χ3n) is 5.56.